The van der Waals surface area contributed by atoms with Crippen molar-refractivity contribution in [3.8, 4) is 5.75 Å². The van der Waals surface area contributed by atoms with Crippen molar-refractivity contribution < 1.29 is 26.4 Å². The largest absolute Gasteiger partial charge is 0.508 e. The molecule has 2 rings (SSSR count). The monoisotopic (exact) mass is 360 g/mol. The molecule has 1 heterocycles. The number of hydrogen-bond acceptors (Lipinski definition) is 7. The molecular weight excluding hydrogens is 344 g/mol. The van der Waals surface area contributed by atoms with E-state index in [4.69, 9.17) is 9.56 Å². The maximum Gasteiger partial charge on any atom is 0.271 e. The summed E-state index contributed by atoms with van der Waals surface area (Å²) in [5.41, 5.74) is 0.422. The van der Waals surface area contributed by atoms with E-state index >= 15 is 0 Å². The number of aromatic hydroxyl groups is 1. The SMILES string of the molecule is CN(C)Cc1cc(S(=O)(=O)c2coc(S(N)(=O)=O)c2)ccc1O. The molecule has 0 aliphatic rings. The summed E-state index contributed by atoms with van der Waals surface area (Å²) in [7, 11) is -4.58. The number of sulfone groups is 1. The van der Waals surface area contributed by atoms with Gasteiger partial charge in [0.15, 0.2) is 0 Å². The Morgan fingerprint density at radius 3 is 2.30 bits per heavy atom. The molecule has 2 aromatic rings. The van der Waals surface area contributed by atoms with Crippen LogP contribution in [-0.4, -0.2) is 40.9 Å². The summed E-state index contributed by atoms with van der Waals surface area (Å²) in [6.07, 6.45) is 0.813. The number of phenols is 1. The van der Waals surface area contributed by atoms with Crippen molar-refractivity contribution in [1.29, 1.82) is 0 Å². The van der Waals surface area contributed by atoms with Crippen LogP contribution in [0.25, 0.3) is 0 Å². The van der Waals surface area contributed by atoms with Crippen molar-refractivity contribution in [3.05, 3.63) is 36.1 Å². The van der Waals surface area contributed by atoms with Gasteiger partial charge in [0.25, 0.3) is 10.0 Å². The Kier molecular flexibility index (Phi) is 4.53. The first-order valence-corrected chi connectivity index (χ1v) is 9.38. The topological polar surface area (TPSA) is 131 Å². The number of sulfonamides is 1. The highest BCUT2D eigenvalue weighted by molar-refractivity contribution is 7.91. The zero-order valence-corrected chi connectivity index (χ0v) is 14.1. The van der Waals surface area contributed by atoms with Crippen molar-refractivity contribution >= 4 is 19.9 Å². The molecular formula is C13H16N2O6S2. The first-order chi connectivity index (χ1) is 10.5. The second kappa shape index (κ2) is 5.96. The van der Waals surface area contributed by atoms with Gasteiger partial charge in [-0.3, -0.25) is 0 Å². The molecule has 1 aromatic heterocycles. The number of rotatable bonds is 5. The Morgan fingerprint density at radius 2 is 1.78 bits per heavy atom. The molecule has 0 bridgehead atoms. The lowest BCUT2D eigenvalue weighted by Crippen LogP contribution is -2.12. The molecule has 0 saturated heterocycles. The molecule has 10 heteroatoms. The second-order valence-electron chi connectivity index (χ2n) is 5.18. The number of nitrogens with zero attached hydrogens (tertiary/aromatic N) is 1. The van der Waals surface area contributed by atoms with E-state index < -0.39 is 25.0 Å². The van der Waals surface area contributed by atoms with Gasteiger partial charge in [-0.15, -0.1) is 0 Å². The van der Waals surface area contributed by atoms with E-state index in [2.05, 4.69) is 0 Å². The standard InChI is InChI=1S/C13H16N2O6S2/c1-15(2)7-9-5-10(3-4-12(9)16)22(17,18)11-6-13(21-8-11)23(14,19)20/h3-6,8,16H,7H2,1-2H3,(H2,14,19,20). The Balaban J connectivity index is 2.50. The molecule has 0 spiro atoms. The summed E-state index contributed by atoms with van der Waals surface area (Å²) in [4.78, 5) is 1.35. The van der Waals surface area contributed by atoms with Crippen molar-refractivity contribution in [3.63, 3.8) is 0 Å². The van der Waals surface area contributed by atoms with Gasteiger partial charge in [0.05, 0.1) is 4.90 Å². The lowest BCUT2D eigenvalue weighted by molar-refractivity contribution is 0.385. The molecule has 3 N–H and O–H groups in total. The van der Waals surface area contributed by atoms with Gasteiger partial charge in [0.2, 0.25) is 14.9 Å². The van der Waals surface area contributed by atoms with E-state index in [0.29, 0.717) is 12.1 Å². The van der Waals surface area contributed by atoms with E-state index in [1.807, 2.05) is 0 Å². The molecule has 8 nitrogen and oxygen atoms in total. The smallest absolute Gasteiger partial charge is 0.271 e. The van der Waals surface area contributed by atoms with E-state index in [1.165, 1.54) is 18.2 Å². The Labute approximate surface area is 134 Å². The maximum absolute atomic E-state index is 12.5. The molecule has 126 valence electrons. The lowest BCUT2D eigenvalue weighted by atomic mass is 10.2. The fourth-order valence-corrected chi connectivity index (χ4v) is 3.72. The average Bonchev–Trinajstić information content (AvgIpc) is 2.90. The second-order valence-corrected chi connectivity index (χ2v) is 8.62. The van der Waals surface area contributed by atoms with E-state index in [9.17, 15) is 21.9 Å². The van der Waals surface area contributed by atoms with Gasteiger partial charge >= 0.3 is 0 Å². The zero-order chi connectivity index (χ0) is 17.4. The van der Waals surface area contributed by atoms with Gasteiger partial charge in [0, 0.05) is 18.2 Å². The molecule has 0 radical (unpaired) electrons. The predicted molar refractivity (Wildman–Crippen MR) is 81.0 cm³/mol. The fraction of sp³-hybridized carbons (Fsp3) is 0.231. The Hall–Kier alpha value is -1.88. The van der Waals surface area contributed by atoms with Crippen molar-refractivity contribution in [2.75, 3.05) is 14.1 Å². The molecule has 0 unspecified atom stereocenters. The number of primary sulfonamides is 1. The summed E-state index contributed by atoms with van der Waals surface area (Å²) >= 11 is 0. The highest BCUT2D eigenvalue weighted by Crippen LogP contribution is 2.28. The van der Waals surface area contributed by atoms with Crippen molar-refractivity contribution in [1.82, 2.24) is 4.90 Å². The van der Waals surface area contributed by atoms with Crippen LogP contribution in [0.4, 0.5) is 0 Å². The van der Waals surface area contributed by atoms with Crippen LogP contribution in [0.15, 0.2) is 49.8 Å². The third kappa shape index (κ3) is 3.72. The molecule has 23 heavy (non-hydrogen) atoms. The first-order valence-electron chi connectivity index (χ1n) is 6.35. The minimum atomic E-state index is -4.13. The summed E-state index contributed by atoms with van der Waals surface area (Å²) < 4.78 is 52.1. The van der Waals surface area contributed by atoms with Crippen LogP contribution in [0.5, 0.6) is 5.75 Å². The van der Waals surface area contributed by atoms with Crippen LogP contribution in [-0.2, 0) is 26.4 Å². The molecule has 0 atom stereocenters. The van der Waals surface area contributed by atoms with E-state index in [1.54, 1.807) is 19.0 Å². The summed E-state index contributed by atoms with van der Waals surface area (Å²) in [6, 6.07) is 4.68. The Morgan fingerprint density at radius 1 is 1.13 bits per heavy atom. The first kappa shape index (κ1) is 17.5. The van der Waals surface area contributed by atoms with Crippen LogP contribution >= 0.6 is 0 Å². The number of benzene rings is 1. The van der Waals surface area contributed by atoms with Gasteiger partial charge < -0.3 is 14.4 Å². The highest BCUT2D eigenvalue weighted by Gasteiger charge is 2.24. The number of phenolic OH excluding ortho intramolecular Hbond substituents is 1. The minimum Gasteiger partial charge on any atom is -0.508 e. The predicted octanol–water partition coefficient (Wildman–Crippen LogP) is 0.527. The molecule has 0 fully saturated rings. The highest BCUT2D eigenvalue weighted by atomic mass is 32.2. The summed E-state index contributed by atoms with van der Waals surface area (Å²) in [5.74, 6) is -0.0323. The van der Waals surface area contributed by atoms with Crippen LogP contribution in [0.2, 0.25) is 0 Å². The van der Waals surface area contributed by atoms with Crippen molar-refractivity contribution in [2.45, 2.75) is 21.4 Å². The number of nitrogens with two attached hydrogens (primary N) is 1. The normalized spacial score (nSPS) is 12.7. The molecule has 1 aromatic carbocycles. The zero-order valence-electron chi connectivity index (χ0n) is 12.4. The van der Waals surface area contributed by atoms with Crippen LogP contribution in [0.1, 0.15) is 5.56 Å². The van der Waals surface area contributed by atoms with Gasteiger partial charge in [-0.2, -0.15) is 0 Å². The van der Waals surface area contributed by atoms with Gasteiger partial charge in [-0.25, -0.2) is 22.0 Å². The third-order valence-electron chi connectivity index (χ3n) is 2.99. The van der Waals surface area contributed by atoms with Crippen molar-refractivity contribution in [2.24, 2.45) is 5.14 Å². The fourth-order valence-electron chi connectivity index (χ4n) is 1.92. The Bertz CT molecular complexity index is 929. The van der Waals surface area contributed by atoms with Crippen LogP contribution < -0.4 is 5.14 Å². The molecule has 0 amide bonds. The molecule has 0 aliphatic heterocycles. The molecule has 0 saturated carbocycles. The van der Waals surface area contributed by atoms with Gasteiger partial charge in [0.1, 0.15) is 16.9 Å². The van der Waals surface area contributed by atoms with Gasteiger partial charge in [-0.05, 0) is 32.3 Å². The quantitative estimate of drug-likeness (QED) is 0.795. The maximum atomic E-state index is 12.5. The van der Waals surface area contributed by atoms with Crippen LogP contribution in [0, 0.1) is 0 Å². The van der Waals surface area contributed by atoms with Gasteiger partial charge in [-0.1, -0.05) is 0 Å². The van der Waals surface area contributed by atoms with Crippen LogP contribution in [0.3, 0.4) is 0 Å². The number of furan rings is 1. The minimum absolute atomic E-state index is 0.0323. The van der Waals surface area contributed by atoms with E-state index in [0.717, 1.165) is 12.3 Å². The average molecular weight is 360 g/mol. The summed E-state index contributed by atoms with van der Waals surface area (Å²) in [6.45, 7) is 0.336. The summed E-state index contributed by atoms with van der Waals surface area (Å²) in [5, 5.41) is 14.1. The number of hydrogen-bond donors (Lipinski definition) is 2. The molecule has 0 aliphatic carbocycles. The van der Waals surface area contributed by atoms with E-state index in [-0.39, 0.29) is 15.5 Å². The third-order valence-corrected chi connectivity index (χ3v) is 5.47. The lowest BCUT2D eigenvalue weighted by Gasteiger charge is -2.12.